The maximum Gasteiger partial charge on any atom is 0.147 e. The van der Waals surface area contributed by atoms with Crippen LogP contribution in [0.4, 0.5) is 0 Å². The van der Waals surface area contributed by atoms with Gasteiger partial charge in [0.2, 0.25) is 0 Å². The van der Waals surface area contributed by atoms with Gasteiger partial charge in [-0.25, -0.2) is 0 Å². The lowest BCUT2D eigenvalue weighted by Crippen LogP contribution is -2.34. The van der Waals surface area contributed by atoms with E-state index in [0.29, 0.717) is 6.54 Å². The summed E-state index contributed by atoms with van der Waals surface area (Å²) in [5.41, 5.74) is 7.78. The number of benzene rings is 1. The lowest BCUT2D eigenvalue weighted by Gasteiger charge is -2.12. The maximum absolute atomic E-state index is 11.2. The molecule has 0 unspecified atom stereocenters. The summed E-state index contributed by atoms with van der Waals surface area (Å²) in [6.45, 7) is 2.16. The molecule has 1 aromatic carbocycles. The molecule has 0 aliphatic carbocycles. The van der Waals surface area contributed by atoms with E-state index in [1.165, 1.54) is 0 Å². The van der Waals surface area contributed by atoms with Crippen molar-refractivity contribution in [2.24, 2.45) is 5.73 Å². The van der Waals surface area contributed by atoms with Crippen LogP contribution in [-0.4, -0.2) is 18.9 Å². The molecule has 0 aliphatic rings. The third-order valence-electron chi connectivity index (χ3n) is 2.54. The zero-order valence-corrected chi connectivity index (χ0v) is 9.29. The second-order valence-electron chi connectivity index (χ2n) is 3.68. The molecule has 15 heavy (non-hydrogen) atoms. The molecule has 0 spiro atoms. The monoisotopic (exact) mass is 206 g/mol. The summed E-state index contributed by atoms with van der Waals surface area (Å²) in [6, 6.07) is 7.96. The number of Topliss-reactive ketones (excluding diaryl/α,β-unsaturated/α-hetero) is 1. The van der Waals surface area contributed by atoms with Crippen molar-refractivity contribution < 1.29 is 4.79 Å². The fourth-order valence-electron chi connectivity index (χ4n) is 1.50. The zero-order valence-electron chi connectivity index (χ0n) is 9.29. The van der Waals surface area contributed by atoms with Crippen LogP contribution in [-0.2, 0) is 17.8 Å². The maximum atomic E-state index is 11.2. The van der Waals surface area contributed by atoms with Crippen molar-refractivity contribution in [1.29, 1.82) is 0 Å². The molecule has 1 atom stereocenters. The van der Waals surface area contributed by atoms with Crippen LogP contribution in [0.25, 0.3) is 0 Å². The predicted octanol–water partition coefficient (Wildman–Crippen LogP) is 0.865. The van der Waals surface area contributed by atoms with Gasteiger partial charge < -0.3 is 11.1 Å². The van der Waals surface area contributed by atoms with Crippen molar-refractivity contribution in [2.75, 3.05) is 7.05 Å². The summed E-state index contributed by atoms with van der Waals surface area (Å²) >= 11 is 0. The summed E-state index contributed by atoms with van der Waals surface area (Å²) in [7, 11) is 1.81. The summed E-state index contributed by atoms with van der Waals surface area (Å²) in [4.78, 5) is 11.2. The Morgan fingerprint density at radius 1 is 1.33 bits per heavy atom. The Hall–Kier alpha value is -1.19. The van der Waals surface area contributed by atoms with Gasteiger partial charge in [-0.05, 0) is 31.5 Å². The fourth-order valence-corrected chi connectivity index (χ4v) is 1.50. The number of hydrogen-bond acceptors (Lipinski definition) is 3. The van der Waals surface area contributed by atoms with Gasteiger partial charge in [0.15, 0.2) is 0 Å². The SMILES string of the molecule is CN[C@@H](Cc1ccc(CN)cc1)C(C)=O. The Morgan fingerprint density at radius 3 is 2.27 bits per heavy atom. The van der Waals surface area contributed by atoms with Crippen LogP contribution in [0.2, 0.25) is 0 Å². The number of nitrogens with one attached hydrogen (secondary N) is 1. The first kappa shape index (κ1) is 11.9. The Bertz CT molecular complexity index is 319. The molecule has 0 bridgehead atoms. The fraction of sp³-hybridized carbons (Fsp3) is 0.417. The van der Waals surface area contributed by atoms with Gasteiger partial charge in [-0.3, -0.25) is 4.79 Å². The molecule has 0 heterocycles. The summed E-state index contributed by atoms with van der Waals surface area (Å²) in [6.07, 6.45) is 0.733. The quantitative estimate of drug-likeness (QED) is 0.751. The van der Waals surface area contributed by atoms with E-state index in [-0.39, 0.29) is 11.8 Å². The van der Waals surface area contributed by atoms with Gasteiger partial charge in [0.25, 0.3) is 0 Å². The van der Waals surface area contributed by atoms with Crippen LogP contribution >= 0.6 is 0 Å². The molecule has 3 nitrogen and oxygen atoms in total. The number of ketones is 1. The van der Waals surface area contributed by atoms with Crippen molar-refractivity contribution in [3.05, 3.63) is 35.4 Å². The first-order valence-corrected chi connectivity index (χ1v) is 5.13. The van der Waals surface area contributed by atoms with Crippen molar-refractivity contribution in [3.63, 3.8) is 0 Å². The number of hydrogen-bond donors (Lipinski definition) is 2. The van der Waals surface area contributed by atoms with Crippen LogP contribution < -0.4 is 11.1 Å². The Balaban J connectivity index is 2.67. The minimum absolute atomic E-state index is 0.0891. The number of rotatable bonds is 5. The summed E-state index contributed by atoms with van der Waals surface area (Å²) in [5, 5.41) is 3.00. The van der Waals surface area contributed by atoms with Crippen molar-refractivity contribution in [1.82, 2.24) is 5.32 Å². The van der Waals surface area contributed by atoms with Crippen LogP contribution in [0.1, 0.15) is 18.1 Å². The van der Waals surface area contributed by atoms with E-state index in [1.807, 2.05) is 24.3 Å². The highest BCUT2D eigenvalue weighted by Gasteiger charge is 2.11. The average Bonchev–Trinajstić information content (AvgIpc) is 2.26. The van der Waals surface area contributed by atoms with Gasteiger partial charge in [-0.15, -0.1) is 0 Å². The molecule has 0 aliphatic heterocycles. The van der Waals surface area contributed by atoms with Crippen molar-refractivity contribution in [2.45, 2.75) is 25.9 Å². The average molecular weight is 206 g/mol. The molecular formula is C12H18N2O. The third-order valence-corrected chi connectivity index (χ3v) is 2.54. The van der Waals surface area contributed by atoms with E-state index >= 15 is 0 Å². The number of nitrogens with two attached hydrogens (primary N) is 1. The summed E-state index contributed by atoms with van der Waals surface area (Å²) in [5.74, 6) is 0.167. The minimum atomic E-state index is -0.0891. The van der Waals surface area contributed by atoms with Gasteiger partial charge in [0.05, 0.1) is 6.04 Å². The minimum Gasteiger partial charge on any atom is -0.326 e. The molecule has 3 heteroatoms. The normalized spacial score (nSPS) is 12.5. The first-order valence-electron chi connectivity index (χ1n) is 5.13. The van der Waals surface area contributed by atoms with Crippen LogP contribution in [0.3, 0.4) is 0 Å². The molecule has 0 saturated heterocycles. The molecule has 0 amide bonds. The van der Waals surface area contributed by atoms with Crippen LogP contribution in [0.5, 0.6) is 0 Å². The Morgan fingerprint density at radius 2 is 1.87 bits per heavy atom. The van der Waals surface area contributed by atoms with Gasteiger partial charge in [-0.2, -0.15) is 0 Å². The van der Waals surface area contributed by atoms with Gasteiger partial charge in [0.1, 0.15) is 5.78 Å². The topological polar surface area (TPSA) is 55.1 Å². The molecule has 0 saturated carbocycles. The lowest BCUT2D eigenvalue weighted by atomic mass is 10.0. The number of likely N-dealkylation sites (N-methyl/N-ethyl adjacent to an activating group) is 1. The van der Waals surface area contributed by atoms with E-state index in [9.17, 15) is 4.79 Å². The number of carbonyl (C=O) groups is 1. The second-order valence-corrected chi connectivity index (χ2v) is 3.68. The molecule has 1 rings (SSSR count). The Labute approximate surface area is 90.7 Å². The van der Waals surface area contributed by atoms with Crippen molar-refractivity contribution >= 4 is 5.78 Å². The molecule has 1 aromatic rings. The number of carbonyl (C=O) groups excluding carboxylic acids is 1. The second kappa shape index (κ2) is 5.63. The molecule has 3 N–H and O–H groups in total. The molecular weight excluding hydrogens is 188 g/mol. The molecule has 0 radical (unpaired) electrons. The smallest absolute Gasteiger partial charge is 0.147 e. The van der Waals surface area contributed by atoms with E-state index in [0.717, 1.165) is 17.5 Å². The van der Waals surface area contributed by atoms with Crippen LogP contribution in [0, 0.1) is 0 Å². The largest absolute Gasteiger partial charge is 0.326 e. The third kappa shape index (κ3) is 3.46. The standard InChI is InChI=1S/C12H18N2O/c1-9(15)12(14-2)7-10-3-5-11(8-13)6-4-10/h3-6,12,14H,7-8,13H2,1-2H3/t12-/m0/s1. The summed E-state index contributed by atoms with van der Waals surface area (Å²) < 4.78 is 0. The Kier molecular flexibility index (Phi) is 4.46. The zero-order chi connectivity index (χ0) is 11.3. The predicted molar refractivity (Wildman–Crippen MR) is 61.6 cm³/mol. The van der Waals surface area contributed by atoms with Gasteiger partial charge in [-0.1, -0.05) is 24.3 Å². The van der Waals surface area contributed by atoms with E-state index in [2.05, 4.69) is 5.32 Å². The first-order chi connectivity index (χ1) is 7.17. The van der Waals surface area contributed by atoms with Gasteiger partial charge >= 0.3 is 0 Å². The van der Waals surface area contributed by atoms with E-state index < -0.39 is 0 Å². The van der Waals surface area contributed by atoms with E-state index in [1.54, 1.807) is 14.0 Å². The molecule has 0 aromatic heterocycles. The molecule has 82 valence electrons. The highest BCUT2D eigenvalue weighted by molar-refractivity contribution is 5.81. The van der Waals surface area contributed by atoms with Crippen LogP contribution in [0.15, 0.2) is 24.3 Å². The highest BCUT2D eigenvalue weighted by Crippen LogP contribution is 2.07. The van der Waals surface area contributed by atoms with Crippen molar-refractivity contribution in [3.8, 4) is 0 Å². The van der Waals surface area contributed by atoms with E-state index in [4.69, 9.17) is 5.73 Å². The van der Waals surface area contributed by atoms with Gasteiger partial charge in [0, 0.05) is 6.54 Å². The molecule has 0 fully saturated rings. The lowest BCUT2D eigenvalue weighted by molar-refractivity contribution is -0.118. The highest BCUT2D eigenvalue weighted by atomic mass is 16.1.